The van der Waals surface area contributed by atoms with Crippen molar-refractivity contribution in [1.82, 2.24) is 5.32 Å². The van der Waals surface area contributed by atoms with Crippen LogP contribution >= 0.6 is 11.6 Å². The number of ketones is 1. The van der Waals surface area contributed by atoms with Crippen LogP contribution in [-0.2, 0) is 16.0 Å². The summed E-state index contributed by atoms with van der Waals surface area (Å²) in [6.45, 7) is 6.10. The molecule has 0 spiro atoms. The Morgan fingerprint density at radius 2 is 1.80 bits per heavy atom. The van der Waals surface area contributed by atoms with Crippen molar-refractivity contribution in [1.29, 1.82) is 0 Å². The summed E-state index contributed by atoms with van der Waals surface area (Å²) >= 11 is 6.59. The minimum absolute atomic E-state index is 0.0692. The quantitative estimate of drug-likeness (QED) is 0.830. The molecule has 1 fully saturated rings. The number of halogens is 1. The number of nitrogens with one attached hydrogen (secondary N) is 1. The molecule has 1 aliphatic rings. The van der Waals surface area contributed by atoms with E-state index in [1.54, 1.807) is 0 Å². The lowest BCUT2D eigenvalue weighted by Crippen LogP contribution is -2.51. The van der Waals surface area contributed by atoms with Crippen LogP contribution in [0.5, 0.6) is 0 Å². The van der Waals surface area contributed by atoms with Gasteiger partial charge in [-0.1, -0.05) is 68.8 Å². The minimum Gasteiger partial charge on any atom is -0.354 e. The third-order valence-corrected chi connectivity index (χ3v) is 5.20. The van der Waals surface area contributed by atoms with Gasteiger partial charge >= 0.3 is 0 Å². The van der Waals surface area contributed by atoms with Crippen LogP contribution in [0.15, 0.2) is 42.5 Å². The van der Waals surface area contributed by atoms with Gasteiger partial charge in [0.15, 0.2) is 5.78 Å². The van der Waals surface area contributed by atoms with Gasteiger partial charge in [-0.3, -0.25) is 9.59 Å². The van der Waals surface area contributed by atoms with Crippen LogP contribution in [0, 0.1) is 5.41 Å². The molecular formula is C21H22ClNO2. The predicted molar refractivity (Wildman–Crippen MR) is 101 cm³/mol. The Balaban J connectivity index is 2.13. The van der Waals surface area contributed by atoms with E-state index in [1.807, 2.05) is 63.2 Å². The number of carbonyl (C=O) groups excluding carboxylic acids is 2. The first-order chi connectivity index (χ1) is 11.8. The van der Waals surface area contributed by atoms with Crippen molar-refractivity contribution < 1.29 is 9.59 Å². The third-order valence-electron chi connectivity index (χ3n) is 4.89. The van der Waals surface area contributed by atoms with E-state index in [1.165, 1.54) is 0 Å². The normalized spacial score (nSPS) is 19.6. The fourth-order valence-corrected chi connectivity index (χ4v) is 3.71. The summed E-state index contributed by atoms with van der Waals surface area (Å²) < 4.78 is 0. The van der Waals surface area contributed by atoms with E-state index in [-0.39, 0.29) is 11.7 Å². The number of piperidine rings is 1. The van der Waals surface area contributed by atoms with E-state index in [0.717, 1.165) is 16.7 Å². The van der Waals surface area contributed by atoms with Gasteiger partial charge in [-0.15, -0.1) is 0 Å². The Hall–Kier alpha value is -2.13. The summed E-state index contributed by atoms with van der Waals surface area (Å²) in [6.07, 6.45) is 0.702. The molecule has 1 unspecified atom stereocenters. The van der Waals surface area contributed by atoms with Gasteiger partial charge in [-0.2, -0.15) is 0 Å². The highest BCUT2D eigenvalue weighted by molar-refractivity contribution is 6.33. The number of hydrogen-bond acceptors (Lipinski definition) is 2. The second-order valence-corrected chi connectivity index (χ2v) is 7.56. The van der Waals surface area contributed by atoms with Crippen molar-refractivity contribution in [3.05, 3.63) is 58.6 Å². The van der Waals surface area contributed by atoms with Crippen LogP contribution in [0.4, 0.5) is 0 Å². The third kappa shape index (κ3) is 3.21. The number of hydrogen-bond donors (Lipinski definition) is 1. The fraction of sp³-hybridized carbons (Fsp3) is 0.333. The minimum atomic E-state index is -0.837. The lowest BCUT2D eigenvalue weighted by Gasteiger charge is -2.34. The van der Waals surface area contributed by atoms with Crippen LogP contribution in [-0.4, -0.2) is 18.2 Å². The molecule has 4 heteroatoms. The molecule has 3 nitrogen and oxygen atoms in total. The summed E-state index contributed by atoms with van der Waals surface area (Å²) in [5, 5.41) is 3.33. The smallest absolute Gasteiger partial charge is 0.235 e. The number of carbonyl (C=O) groups is 2. The number of rotatable bonds is 3. The van der Waals surface area contributed by atoms with Crippen molar-refractivity contribution in [2.45, 2.75) is 33.1 Å². The van der Waals surface area contributed by atoms with Gasteiger partial charge < -0.3 is 5.32 Å². The zero-order valence-corrected chi connectivity index (χ0v) is 15.5. The van der Waals surface area contributed by atoms with E-state index >= 15 is 0 Å². The maximum absolute atomic E-state index is 12.9. The molecule has 1 amide bonds. The van der Waals surface area contributed by atoms with Gasteiger partial charge in [0.1, 0.15) is 5.92 Å². The van der Waals surface area contributed by atoms with E-state index in [4.69, 9.17) is 11.6 Å². The summed E-state index contributed by atoms with van der Waals surface area (Å²) in [5.41, 5.74) is 3.06. The van der Waals surface area contributed by atoms with Crippen LogP contribution < -0.4 is 5.32 Å². The Labute approximate surface area is 153 Å². The van der Waals surface area contributed by atoms with Crippen molar-refractivity contribution in [2.24, 2.45) is 5.41 Å². The average Bonchev–Trinajstić information content (AvgIpc) is 2.60. The first kappa shape index (κ1) is 17.7. The molecule has 1 aliphatic heterocycles. The zero-order valence-electron chi connectivity index (χ0n) is 14.7. The summed E-state index contributed by atoms with van der Waals surface area (Å²) in [6, 6.07) is 13.9. The van der Waals surface area contributed by atoms with Gasteiger partial charge in [0, 0.05) is 17.0 Å². The van der Waals surface area contributed by atoms with Gasteiger partial charge in [-0.25, -0.2) is 0 Å². The second kappa shape index (κ2) is 6.64. The Morgan fingerprint density at radius 3 is 2.44 bits per heavy atom. The standard InChI is InChI=1S/C21H22ClNO2/c1-4-13-10-15(14-8-6-5-7-9-14)11-16(22)17(13)18-19(24)21(2,3)12-23-20(18)25/h5-11,18H,4,12H2,1-3H3,(H,23,25). The molecular weight excluding hydrogens is 334 g/mol. The Morgan fingerprint density at radius 1 is 1.12 bits per heavy atom. The number of Topliss-reactive ketones (excluding diaryl/α,β-unsaturated/α-hetero) is 1. The molecule has 0 aliphatic carbocycles. The first-order valence-electron chi connectivity index (χ1n) is 8.55. The number of aryl methyl sites for hydroxylation is 1. The topological polar surface area (TPSA) is 46.2 Å². The highest BCUT2D eigenvalue weighted by atomic mass is 35.5. The van der Waals surface area contributed by atoms with E-state index in [2.05, 4.69) is 5.32 Å². The van der Waals surface area contributed by atoms with Crippen LogP contribution in [0.3, 0.4) is 0 Å². The molecule has 3 rings (SSSR count). The SMILES string of the molecule is CCc1cc(-c2ccccc2)cc(Cl)c1C1C(=O)NCC(C)(C)C1=O. The maximum Gasteiger partial charge on any atom is 0.235 e. The van der Waals surface area contributed by atoms with E-state index in [0.29, 0.717) is 23.6 Å². The van der Waals surface area contributed by atoms with Crippen LogP contribution in [0.2, 0.25) is 5.02 Å². The molecule has 0 aromatic heterocycles. The maximum atomic E-state index is 12.9. The van der Waals surface area contributed by atoms with E-state index in [9.17, 15) is 9.59 Å². The monoisotopic (exact) mass is 355 g/mol. The van der Waals surface area contributed by atoms with E-state index < -0.39 is 11.3 Å². The number of amides is 1. The van der Waals surface area contributed by atoms with Crippen LogP contribution in [0.1, 0.15) is 37.8 Å². The molecule has 1 N–H and O–H groups in total. The lowest BCUT2D eigenvalue weighted by atomic mass is 9.73. The molecule has 2 aromatic rings. The Bertz CT molecular complexity index is 827. The molecule has 0 saturated carbocycles. The van der Waals surface area contributed by atoms with Gasteiger partial charge in [0.2, 0.25) is 5.91 Å². The second-order valence-electron chi connectivity index (χ2n) is 7.15. The average molecular weight is 356 g/mol. The summed E-state index contributed by atoms with van der Waals surface area (Å²) in [4.78, 5) is 25.4. The highest BCUT2D eigenvalue weighted by Gasteiger charge is 2.44. The summed E-state index contributed by atoms with van der Waals surface area (Å²) in [7, 11) is 0. The van der Waals surface area contributed by atoms with Gasteiger partial charge in [0.05, 0.1) is 0 Å². The largest absolute Gasteiger partial charge is 0.354 e. The van der Waals surface area contributed by atoms with Crippen LogP contribution in [0.25, 0.3) is 11.1 Å². The molecule has 0 radical (unpaired) electrons. The first-order valence-corrected chi connectivity index (χ1v) is 8.92. The zero-order chi connectivity index (χ0) is 18.2. The van der Waals surface area contributed by atoms with Gasteiger partial charge in [-0.05, 0) is 34.7 Å². The molecule has 1 atom stereocenters. The molecule has 2 aromatic carbocycles. The van der Waals surface area contributed by atoms with Crippen molar-refractivity contribution in [2.75, 3.05) is 6.54 Å². The predicted octanol–water partition coefficient (Wildman–Crippen LogP) is 4.38. The highest BCUT2D eigenvalue weighted by Crippen LogP contribution is 2.39. The summed E-state index contributed by atoms with van der Waals surface area (Å²) in [5.74, 6) is -1.16. The molecule has 1 heterocycles. The molecule has 25 heavy (non-hydrogen) atoms. The number of benzene rings is 2. The Kier molecular flexibility index (Phi) is 4.70. The molecule has 1 saturated heterocycles. The molecule has 0 bridgehead atoms. The van der Waals surface area contributed by atoms with Crippen molar-refractivity contribution in [3.63, 3.8) is 0 Å². The van der Waals surface area contributed by atoms with Crippen molar-refractivity contribution >= 4 is 23.3 Å². The van der Waals surface area contributed by atoms with Crippen molar-refractivity contribution in [3.8, 4) is 11.1 Å². The fourth-order valence-electron chi connectivity index (χ4n) is 3.36. The van der Waals surface area contributed by atoms with Gasteiger partial charge in [0.25, 0.3) is 0 Å². The lowest BCUT2D eigenvalue weighted by molar-refractivity contribution is -0.139. The molecule has 130 valence electrons.